The molecule has 1 aromatic rings. The van der Waals surface area contributed by atoms with Crippen LogP contribution >= 0.6 is 11.8 Å². The van der Waals surface area contributed by atoms with Crippen LogP contribution in [0, 0.1) is 0 Å². The van der Waals surface area contributed by atoms with Gasteiger partial charge in [0.25, 0.3) is 0 Å². The van der Waals surface area contributed by atoms with Crippen LogP contribution in [0.5, 0.6) is 0 Å². The maximum Gasteiger partial charge on any atom is 0.327 e. The van der Waals surface area contributed by atoms with Crippen molar-refractivity contribution in [2.75, 3.05) is 5.75 Å². The number of ketones is 1. The van der Waals surface area contributed by atoms with Gasteiger partial charge in [-0.15, -0.1) is 11.8 Å². The van der Waals surface area contributed by atoms with E-state index in [9.17, 15) is 14.4 Å². The zero-order valence-corrected chi connectivity index (χ0v) is 12.5. The number of hydrogen-bond acceptors (Lipinski definition) is 5. The summed E-state index contributed by atoms with van der Waals surface area (Å²) in [6.45, 7) is 1.86. The van der Waals surface area contributed by atoms with E-state index in [2.05, 4.69) is 5.32 Å². The molecule has 1 saturated heterocycles. The number of ether oxygens (including phenoxy) is 1. The first kappa shape index (κ1) is 15.6. The van der Waals surface area contributed by atoms with Crippen molar-refractivity contribution in [2.45, 2.75) is 31.2 Å². The average Bonchev–Trinajstić information content (AvgIpc) is 2.87. The number of carbonyl (C=O) groups is 3. The molecule has 2 rings (SSSR count). The van der Waals surface area contributed by atoms with E-state index >= 15 is 0 Å². The van der Waals surface area contributed by atoms with Gasteiger partial charge in [0, 0.05) is 12.2 Å². The Morgan fingerprint density at radius 2 is 2.05 bits per heavy atom. The van der Waals surface area contributed by atoms with Gasteiger partial charge >= 0.3 is 5.97 Å². The van der Waals surface area contributed by atoms with E-state index in [1.54, 1.807) is 6.92 Å². The van der Waals surface area contributed by atoms with Gasteiger partial charge in [-0.05, 0) is 5.56 Å². The van der Waals surface area contributed by atoms with Gasteiger partial charge in [0.2, 0.25) is 5.91 Å². The average molecular weight is 307 g/mol. The highest BCUT2D eigenvalue weighted by molar-refractivity contribution is 8.02. The topological polar surface area (TPSA) is 72.5 Å². The highest BCUT2D eigenvalue weighted by Crippen LogP contribution is 2.25. The monoisotopic (exact) mass is 307 g/mol. The van der Waals surface area contributed by atoms with Crippen molar-refractivity contribution in [3.8, 4) is 0 Å². The molecule has 1 aromatic carbocycles. The Hall–Kier alpha value is -1.82. The lowest BCUT2D eigenvalue weighted by Gasteiger charge is -2.11. The van der Waals surface area contributed by atoms with Crippen LogP contribution in [0.2, 0.25) is 0 Å². The summed E-state index contributed by atoms with van der Waals surface area (Å²) in [5.74, 6) is -0.593. The first-order valence-electron chi connectivity index (χ1n) is 6.77. The second kappa shape index (κ2) is 7.26. The minimum absolute atomic E-state index is 0.149. The molecule has 6 heteroatoms. The van der Waals surface area contributed by atoms with Crippen molar-refractivity contribution in [1.82, 2.24) is 5.32 Å². The van der Waals surface area contributed by atoms with Gasteiger partial charge in [-0.3, -0.25) is 14.4 Å². The quantitative estimate of drug-likeness (QED) is 0.656. The second-order valence-electron chi connectivity index (χ2n) is 4.68. The molecular weight excluding hydrogens is 290 g/mol. The van der Waals surface area contributed by atoms with Crippen LogP contribution < -0.4 is 5.32 Å². The largest absolute Gasteiger partial charge is 0.460 e. The van der Waals surface area contributed by atoms with Gasteiger partial charge in [0.15, 0.2) is 11.0 Å². The first-order valence-corrected chi connectivity index (χ1v) is 7.82. The first-order chi connectivity index (χ1) is 10.1. The van der Waals surface area contributed by atoms with Crippen molar-refractivity contribution >= 4 is 29.4 Å². The zero-order chi connectivity index (χ0) is 15.2. The number of nitrogens with one attached hydrogen (secondary N) is 1. The lowest BCUT2D eigenvalue weighted by atomic mass is 10.1. The third-order valence-corrected chi connectivity index (χ3v) is 4.41. The Labute approximate surface area is 127 Å². The van der Waals surface area contributed by atoms with Crippen LogP contribution in [-0.4, -0.2) is 34.7 Å². The molecule has 1 N–H and O–H groups in total. The number of carbonyl (C=O) groups excluding carboxylic acids is 3. The Balaban J connectivity index is 1.86. The second-order valence-corrected chi connectivity index (χ2v) is 5.82. The predicted octanol–water partition coefficient (Wildman–Crippen LogP) is 1.31. The smallest absolute Gasteiger partial charge is 0.327 e. The fourth-order valence-electron chi connectivity index (χ4n) is 1.94. The number of benzene rings is 1. The normalized spacial score (nSPS) is 21.1. The van der Waals surface area contributed by atoms with E-state index in [-0.39, 0.29) is 18.3 Å². The number of rotatable bonds is 5. The fourth-order valence-corrected chi connectivity index (χ4v) is 3.10. The number of hydrogen-bond donors (Lipinski definition) is 1. The van der Waals surface area contributed by atoms with Crippen molar-refractivity contribution in [1.29, 1.82) is 0 Å². The van der Waals surface area contributed by atoms with E-state index < -0.39 is 17.3 Å². The van der Waals surface area contributed by atoms with Gasteiger partial charge < -0.3 is 10.1 Å². The van der Waals surface area contributed by atoms with Crippen LogP contribution in [-0.2, 0) is 25.7 Å². The lowest BCUT2D eigenvalue weighted by Crippen LogP contribution is -2.42. The molecule has 1 aliphatic rings. The summed E-state index contributed by atoms with van der Waals surface area (Å²) >= 11 is 1.22. The van der Waals surface area contributed by atoms with E-state index in [1.807, 2.05) is 30.3 Å². The van der Waals surface area contributed by atoms with Crippen LogP contribution in [0.25, 0.3) is 0 Å². The molecule has 2 unspecified atom stereocenters. The number of esters is 1. The van der Waals surface area contributed by atoms with Gasteiger partial charge in [0.05, 0.1) is 6.04 Å². The Morgan fingerprint density at radius 1 is 1.33 bits per heavy atom. The number of thioether (sulfide) groups is 1. The third-order valence-electron chi connectivity index (χ3n) is 3.13. The van der Waals surface area contributed by atoms with Crippen LogP contribution in [0.15, 0.2) is 30.3 Å². The Kier molecular flexibility index (Phi) is 5.38. The molecule has 1 fully saturated rings. The molecule has 1 aliphatic heterocycles. The predicted molar refractivity (Wildman–Crippen MR) is 79.7 cm³/mol. The minimum Gasteiger partial charge on any atom is -0.460 e. The zero-order valence-electron chi connectivity index (χ0n) is 11.7. The highest BCUT2D eigenvalue weighted by atomic mass is 32.2. The summed E-state index contributed by atoms with van der Waals surface area (Å²) in [5, 5.41) is 1.78. The molecule has 5 nitrogen and oxygen atoms in total. The third kappa shape index (κ3) is 4.07. The molecule has 1 heterocycles. The molecule has 0 saturated carbocycles. The van der Waals surface area contributed by atoms with Crippen molar-refractivity contribution in [3.63, 3.8) is 0 Å². The summed E-state index contributed by atoms with van der Waals surface area (Å²) < 4.78 is 5.17. The molecular formula is C15H17NO4S. The van der Waals surface area contributed by atoms with E-state index in [4.69, 9.17) is 4.74 Å². The SMILES string of the molecule is CCC(=O)NC1CSC(C(=O)OCc2ccccc2)C1=O. The summed E-state index contributed by atoms with van der Waals surface area (Å²) in [6.07, 6.45) is 0.317. The van der Waals surface area contributed by atoms with E-state index in [1.165, 1.54) is 11.8 Å². The Bertz CT molecular complexity index is 532. The summed E-state index contributed by atoms with van der Waals surface area (Å²) in [5.41, 5.74) is 0.872. The molecule has 1 amide bonds. The van der Waals surface area contributed by atoms with Crippen molar-refractivity contribution in [3.05, 3.63) is 35.9 Å². The van der Waals surface area contributed by atoms with Crippen LogP contribution in [0.1, 0.15) is 18.9 Å². The van der Waals surface area contributed by atoms with Crippen molar-refractivity contribution in [2.24, 2.45) is 0 Å². The molecule has 0 bridgehead atoms. The van der Waals surface area contributed by atoms with Gasteiger partial charge in [0.1, 0.15) is 6.61 Å². The maximum absolute atomic E-state index is 12.1. The molecule has 0 radical (unpaired) electrons. The molecule has 21 heavy (non-hydrogen) atoms. The molecule has 2 atom stereocenters. The number of amides is 1. The van der Waals surface area contributed by atoms with E-state index in [0.717, 1.165) is 5.56 Å². The molecule has 0 aromatic heterocycles. The van der Waals surface area contributed by atoms with Gasteiger partial charge in [-0.25, -0.2) is 0 Å². The fraction of sp³-hybridized carbons (Fsp3) is 0.400. The van der Waals surface area contributed by atoms with Crippen molar-refractivity contribution < 1.29 is 19.1 Å². The maximum atomic E-state index is 12.1. The Morgan fingerprint density at radius 3 is 2.71 bits per heavy atom. The van der Waals surface area contributed by atoms with Gasteiger partial charge in [-0.2, -0.15) is 0 Å². The standard InChI is InChI=1S/C15H17NO4S/c1-2-12(17)16-11-9-21-14(13(11)18)15(19)20-8-10-6-4-3-5-7-10/h3-7,11,14H,2,8-9H2,1H3,(H,16,17). The number of Topliss-reactive ketones (excluding diaryl/α,β-unsaturated/α-hetero) is 1. The molecule has 0 aliphatic carbocycles. The minimum atomic E-state index is -0.837. The van der Waals surface area contributed by atoms with E-state index in [0.29, 0.717) is 12.2 Å². The summed E-state index contributed by atoms with van der Waals surface area (Å²) in [6, 6.07) is 8.70. The molecule has 112 valence electrons. The van der Waals surface area contributed by atoms with Crippen LogP contribution in [0.4, 0.5) is 0 Å². The summed E-state index contributed by atoms with van der Waals surface area (Å²) in [4.78, 5) is 35.3. The lowest BCUT2D eigenvalue weighted by molar-refractivity contribution is -0.146. The van der Waals surface area contributed by atoms with Crippen LogP contribution in [0.3, 0.4) is 0 Å². The van der Waals surface area contributed by atoms with Gasteiger partial charge in [-0.1, -0.05) is 37.3 Å². The highest BCUT2D eigenvalue weighted by Gasteiger charge is 2.41. The summed E-state index contributed by atoms with van der Waals surface area (Å²) in [7, 11) is 0. The molecule has 0 spiro atoms.